The van der Waals surface area contributed by atoms with Gasteiger partial charge < -0.3 is 9.40 Å². The van der Waals surface area contributed by atoms with Crippen LogP contribution in [0.5, 0.6) is 0 Å². The number of hydrogen-bond acceptors (Lipinski definition) is 3. The van der Waals surface area contributed by atoms with E-state index >= 15 is 0 Å². The molecule has 18 heavy (non-hydrogen) atoms. The molecule has 0 aliphatic heterocycles. The van der Waals surface area contributed by atoms with E-state index in [1.54, 1.807) is 6.07 Å². The van der Waals surface area contributed by atoms with E-state index in [1.165, 1.54) is 0 Å². The van der Waals surface area contributed by atoms with Gasteiger partial charge in [-0.25, -0.2) is 9.97 Å². The number of pyridine rings is 1. The molecule has 0 saturated carbocycles. The first-order valence-corrected chi connectivity index (χ1v) is 6.09. The molecule has 3 rings (SSSR count). The second kappa shape index (κ2) is 4.00. The number of rotatable bonds is 1. The van der Waals surface area contributed by atoms with E-state index in [2.05, 4.69) is 15.0 Å². The highest BCUT2D eigenvalue weighted by Gasteiger charge is 2.13. The summed E-state index contributed by atoms with van der Waals surface area (Å²) in [6, 6.07) is 3.64. The van der Waals surface area contributed by atoms with Crippen LogP contribution in [0.1, 0.15) is 11.5 Å². The zero-order valence-electron chi connectivity index (χ0n) is 9.71. The largest absolute Gasteiger partial charge is 0.466 e. The average molecular weight is 282 g/mol. The van der Waals surface area contributed by atoms with Crippen LogP contribution < -0.4 is 0 Å². The maximum Gasteiger partial charge on any atom is 0.179 e. The first kappa shape index (κ1) is 11.6. The number of H-pyrrole nitrogens is 1. The summed E-state index contributed by atoms with van der Waals surface area (Å²) in [6.07, 6.45) is 0. The number of halogens is 2. The van der Waals surface area contributed by atoms with Crippen molar-refractivity contribution in [3.05, 3.63) is 33.8 Å². The monoisotopic (exact) mass is 281 g/mol. The van der Waals surface area contributed by atoms with Crippen molar-refractivity contribution in [1.82, 2.24) is 15.0 Å². The van der Waals surface area contributed by atoms with Crippen molar-refractivity contribution >= 4 is 34.4 Å². The number of nitrogens with zero attached hydrogens (tertiary/aromatic N) is 2. The minimum absolute atomic E-state index is 0.252. The molecule has 0 aliphatic carbocycles. The summed E-state index contributed by atoms with van der Waals surface area (Å²) >= 11 is 11.8. The van der Waals surface area contributed by atoms with Gasteiger partial charge in [-0.2, -0.15) is 0 Å². The van der Waals surface area contributed by atoms with E-state index in [1.807, 2.05) is 19.9 Å². The summed E-state index contributed by atoms with van der Waals surface area (Å²) in [7, 11) is 0. The molecule has 3 aromatic rings. The fourth-order valence-corrected chi connectivity index (χ4v) is 2.18. The highest BCUT2D eigenvalue weighted by atomic mass is 35.5. The smallest absolute Gasteiger partial charge is 0.179 e. The number of imidazole rings is 1. The minimum atomic E-state index is 0.252. The zero-order valence-corrected chi connectivity index (χ0v) is 11.2. The Balaban J connectivity index is 2.22. The maximum absolute atomic E-state index is 5.92. The summed E-state index contributed by atoms with van der Waals surface area (Å²) < 4.78 is 5.48. The van der Waals surface area contributed by atoms with Crippen LogP contribution >= 0.6 is 23.2 Å². The van der Waals surface area contributed by atoms with Gasteiger partial charge in [0.05, 0.1) is 16.1 Å². The van der Waals surface area contributed by atoms with Crippen molar-refractivity contribution in [2.24, 2.45) is 0 Å². The Kier molecular flexibility index (Phi) is 2.57. The fourth-order valence-electron chi connectivity index (χ4n) is 1.89. The summed E-state index contributed by atoms with van der Waals surface area (Å²) in [5.41, 5.74) is 2.20. The number of aryl methyl sites for hydroxylation is 2. The number of furan rings is 1. The molecule has 0 radical (unpaired) electrons. The van der Waals surface area contributed by atoms with Crippen molar-refractivity contribution in [1.29, 1.82) is 0 Å². The van der Waals surface area contributed by atoms with E-state index in [9.17, 15) is 0 Å². The Labute approximate surface area is 113 Å². The predicted octanol–water partition coefficient (Wildman–Crippen LogP) is 4.14. The van der Waals surface area contributed by atoms with Crippen LogP contribution in [0.15, 0.2) is 16.5 Å². The highest BCUT2D eigenvalue weighted by Crippen LogP contribution is 2.28. The summed E-state index contributed by atoms with van der Waals surface area (Å²) in [6.45, 7) is 3.79. The average Bonchev–Trinajstić information content (AvgIpc) is 2.82. The van der Waals surface area contributed by atoms with Crippen LogP contribution in [0.4, 0.5) is 0 Å². The normalized spacial score (nSPS) is 11.3. The van der Waals surface area contributed by atoms with E-state index in [0.717, 1.165) is 22.6 Å². The molecule has 6 heteroatoms. The second-order valence-corrected chi connectivity index (χ2v) is 4.81. The Hall–Kier alpha value is -1.52. The molecule has 0 aromatic carbocycles. The predicted molar refractivity (Wildman–Crippen MR) is 71.1 cm³/mol. The van der Waals surface area contributed by atoms with Crippen molar-refractivity contribution in [2.75, 3.05) is 0 Å². The molecule has 0 amide bonds. The summed E-state index contributed by atoms with van der Waals surface area (Å²) in [4.78, 5) is 11.7. The van der Waals surface area contributed by atoms with Crippen LogP contribution in [-0.4, -0.2) is 15.0 Å². The van der Waals surface area contributed by atoms with E-state index in [-0.39, 0.29) is 5.15 Å². The van der Waals surface area contributed by atoms with Crippen LogP contribution in [0, 0.1) is 13.8 Å². The SMILES string of the molecule is Cc1cc(-c2nc3nc(Cl)c(Cl)cc3[nH]2)c(C)o1. The Bertz CT molecular complexity index is 706. The molecular formula is C12H9Cl2N3O. The molecule has 3 aromatic heterocycles. The molecule has 0 fully saturated rings. The summed E-state index contributed by atoms with van der Waals surface area (Å²) in [5.74, 6) is 2.35. The lowest BCUT2D eigenvalue weighted by molar-refractivity contribution is 0.505. The van der Waals surface area contributed by atoms with Crippen molar-refractivity contribution in [2.45, 2.75) is 13.8 Å². The molecule has 0 bridgehead atoms. The van der Waals surface area contributed by atoms with Gasteiger partial charge in [-0.1, -0.05) is 23.2 Å². The lowest BCUT2D eigenvalue weighted by Crippen LogP contribution is -1.80. The van der Waals surface area contributed by atoms with Crippen LogP contribution in [-0.2, 0) is 0 Å². The number of hydrogen-bond donors (Lipinski definition) is 1. The van der Waals surface area contributed by atoms with Crippen LogP contribution in [0.2, 0.25) is 10.2 Å². The third-order valence-corrected chi connectivity index (χ3v) is 3.35. The van der Waals surface area contributed by atoms with Gasteiger partial charge in [-0.05, 0) is 26.0 Å². The first-order chi connectivity index (χ1) is 8.54. The van der Waals surface area contributed by atoms with Gasteiger partial charge in [-0.3, -0.25) is 0 Å². The molecule has 0 unspecified atom stereocenters. The quantitative estimate of drug-likeness (QED) is 0.682. The third kappa shape index (κ3) is 1.78. The number of nitrogens with one attached hydrogen (secondary N) is 1. The first-order valence-electron chi connectivity index (χ1n) is 5.34. The molecule has 92 valence electrons. The summed E-state index contributed by atoms with van der Waals surface area (Å²) in [5, 5.41) is 0.654. The van der Waals surface area contributed by atoms with Gasteiger partial charge >= 0.3 is 0 Å². The zero-order chi connectivity index (χ0) is 12.9. The molecule has 0 saturated heterocycles. The third-order valence-electron chi connectivity index (χ3n) is 2.68. The van der Waals surface area contributed by atoms with Crippen LogP contribution in [0.3, 0.4) is 0 Å². The lowest BCUT2D eigenvalue weighted by atomic mass is 10.2. The van der Waals surface area contributed by atoms with Gasteiger partial charge in [0.25, 0.3) is 0 Å². The van der Waals surface area contributed by atoms with Gasteiger partial charge in [0.15, 0.2) is 5.65 Å². The molecule has 0 spiro atoms. The minimum Gasteiger partial charge on any atom is -0.466 e. The van der Waals surface area contributed by atoms with Gasteiger partial charge in [0, 0.05) is 0 Å². The molecule has 1 N–H and O–H groups in total. The topological polar surface area (TPSA) is 54.7 Å². The van der Waals surface area contributed by atoms with Crippen molar-refractivity contribution in [3.63, 3.8) is 0 Å². The number of aromatic amines is 1. The highest BCUT2D eigenvalue weighted by molar-refractivity contribution is 6.41. The lowest BCUT2D eigenvalue weighted by Gasteiger charge is -1.92. The van der Waals surface area contributed by atoms with E-state index in [0.29, 0.717) is 16.5 Å². The van der Waals surface area contributed by atoms with Gasteiger partial charge in [0.2, 0.25) is 0 Å². The number of fused-ring (bicyclic) bond motifs is 1. The number of aromatic nitrogens is 3. The van der Waals surface area contributed by atoms with E-state index < -0.39 is 0 Å². The Morgan fingerprint density at radius 2 is 1.94 bits per heavy atom. The maximum atomic E-state index is 5.92. The Morgan fingerprint density at radius 1 is 1.17 bits per heavy atom. The van der Waals surface area contributed by atoms with Gasteiger partial charge in [0.1, 0.15) is 22.5 Å². The van der Waals surface area contributed by atoms with Gasteiger partial charge in [-0.15, -0.1) is 0 Å². The molecular weight excluding hydrogens is 273 g/mol. The van der Waals surface area contributed by atoms with Crippen molar-refractivity contribution in [3.8, 4) is 11.4 Å². The molecule has 0 aliphatic rings. The fraction of sp³-hybridized carbons (Fsp3) is 0.167. The molecule has 0 atom stereocenters. The van der Waals surface area contributed by atoms with Crippen molar-refractivity contribution < 1.29 is 4.42 Å². The molecule has 4 nitrogen and oxygen atoms in total. The van der Waals surface area contributed by atoms with Crippen LogP contribution in [0.25, 0.3) is 22.6 Å². The Morgan fingerprint density at radius 3 is 2.61 bits per heavy atom. The second-order valence-electron chi connectivity index (χ2n) is 4.04. The van der Waals surface area contributed by atoms with E-state index in [4.69, 9.17) is 27.6 Å². The standard InChI is InChI=1S/C12H9Cl2N3O/c1-5-3-7(6(2)18-5)11-15-9-4-8(13)10(14)16-12(9)17-11/h3-4H,1-2H3,(H,15,16,17). The molecule has 3 heterocycles.